The van der Waals surface area contributed by atoms with E-state index < -0.39 is 0 Å². The third-order valence-electron chi connectivity index (χ3n) is 4.44. The predicted octanol–water partition coefficient (Wildman–Crippen LogP) is 3.03. The van der Waals surface area contributed by atoms with Crippen molar-refractivity contribution in [3.8, 4) is 0 Å². The lowest BCUT2D eigenvalue weighted by Gasteiger charge is -2.24. The fourth-order valence-corrected chi connectivity index (χ4v) is 3.23. The second-order valence-electron chi connectivity index (χ2n) is 6.32. The van der Waals surface area contributed by atoms with Gasteiger partial charge >= 0.3 is 6.03 Å². The van der Waals surface area contributed by atoms with Crippen molar-refractivity contribution in [2.75, 3.05) is 7.05 Å². The van der Waals surface area contributed by atoms with Crippen LogP contribution in [0.3, 0.4) is 0 Å². The number of benzene rings is 1. The Morgan fingerprint density at radius 1 is 1.39 bits per heavy atom. The number of amides is 2. The molecule has 1 aromatic carbocycles. The lowest BCUT2D eigenvalue weighted by atomic mass is 9.99. The highest BCUT2D eigenvalue weighted by molar-refractivity contribution is 5.74. The maximum absolute atomic E-state index is 12.5. The zero-order valence-corrected chi connectivity index (χ0v) is 13.8. The van der Waals surface area contributed by atoms with Gasteiger partial charge in [-0.1, -0.05) is 30.7 Å². The Morgan fingerprint density at radius 2 is 2.22 bits per heavy atom. The fraction of sp³-hybridized carbons (Fsp3) is 0.444. The average Bonchev–Trinajstić information content (AvgIpc) is 2.84. The van der Waals surface area contributed by atoms with Gasteiger partial charge in [0, 0.05) is 25.9 Å². The van der Waals surface area contributed by atoms with Gasteiger partial charge in [-0.05, 0) is 30.4 Å². The molecular weight excluding hydrogens is 288 g/mol. The predicted molar refractivity (Wildman–Crippen MR) is 89.9 cm³/mol. The third kappa shape index (κ3) is 3.73. The molecule has 1 heterocycles. The summed E-state index contributed by atoms with van der Waals surface area (Å²) in [6, 6.07) is 8.54. The normalized spacial score (nSPS) is 17.2. The molecule has 5 nitrogen and oxygen atoms in total. The minimum absolute atomic E-state index is 0.0319. The van der Waals surface area contributed by atoms with E-state index in [0.717, 1.165) is 24.8 Å². The van der Waals surface area contributed by atoms with E-state index >= 15 is 0 Å². The number of rotatable bonds is 3. The van der Waals surface area contributed by atoms with Crippen LogP contribution in [-0.4, -0.2) is 27.8 Å². The van der Waals surface area contributed by atoms with E-state index in [2.05, 4.69) is 34.7 Å². The van der Waals surface area contributed by atoms with Gasteiger partial charge in [0.2, 0.25) is 0 Å². The van der Waals surface area contributed by atoms with Gasteiger partial charge in [-0.25, -0.2) is 4.79 Å². The molecule has 1 aliphatic carbocycles. The van der Waals surface area contributed by atoms with Crippen molar-refractivity contribution in [1.29, 1.82) is 0 Å². The standard InChI is InChI=1S/C18H24N4O/c1-21(12-14-11-19-22(2)13-14)18(23)20-17-10-6-4-8-15-7-3-5-9-16(15)17/h3,5,7,9,11,13,17H,4,6,8,10,12H2,1-2H3,(H,20,23)/t17-/m1/s1. The number of aryl methyl sites for hydroxylation is 2. The van der Waals surface area contributed by atoms with Crippen molar-refractivity contribution in [1.82, 2.24) is 20.0 Å². The molecule has 2 amide bonds. The summed E-state index contributed by atoms with van der Waals surface area (Å²) in [4.78, 5) is 14.2. The van der Waals surface area contributed by atoms with Gasteiger partial charge in [-0.3, -0.25) is 4.68 Å². The average molecular weight is 312 g/mol. The smallest absolute Gasteiger partial charge is 0.317 e. The van der Waals surface area contributed by atoms with E-state index in [-0.39, 0.29) is 12.1 Å². The Kier molecular flexibility index (Phi) is 4.65. The Morgan fingerprint density at radius 3 is 3.00 bits per heavy atom. The Balaban J connectivity index is 1.67. The SMILES string of the molecule is CN(Cc1cnn(C)c1)C(=O)N[C@@H]1CCCCc2ccccc21. The zero-order chi connectivity index (χ0) is 16.2. The molecule has 3 rings (SSSR count). The largest absolute Gasteiger partial charge is 0.331 e. The van der Waals surface area contributed by atoms with Gasteiger partial charge in [0.25, 0.3) is 0 Å². The molecule has 122 valence electrons. The van der Waals surface area contributed by atoms with E-state index in [0.29, 0.717) is 6.54 Å². The van der Waals surface area contributed by atoms with Crippen LogP contribution in [0.15, 0.2) is 36.7 Å². The summed E-state index contributed by atoms with van der Waals surface area (Å²) < 4.78 is 1.75. The Bertz CT molecular complexity index is 679. The van der Waals surface area contributed by atoms with E-state index in [9.17, 15) is 4.79 Å². The summed E-state index contributed by atoms with van der Waals surface area (Å²) in [6.45, 7) is 0.564. The van der Waals surface area contributed by atoms with Crippen LogP contribution < -0.4 is 5.32 Å². The van der Waals surface area contributed by atoms with Crippen LogP contribution in [0, 0.1) is 0 Å². The number of hydrogen-bond donors (Lipinski definition) is 1. The van der Waals surface area contributed by atoms with Crippen LogP contribution in [-0.2, 0) is 20.0 Å². The number of fused-ring (bicyclic) bond motifs is 1. The topological polar surface area (TPSA) is 50.2 Å². The minimum atomic E-state index is -0.0319. The molecule has 23 heavy (non-hydrogen) atoms. The lowest BCUT2D eigenvalue weighted by Crippen LogP contribution is -2.39. The number of nitrogens with one attached hydrogen (secondary N) is 1. The quantitative estimate of drug-likeness (QED) is 0.886. The number of aromatic nitrogens is 2. The summed E-state index contributed by atoms with van der Waals surface area (Å²) in [5, 5.41) is 7.35. The molecule has 0 fully saturated rings. The third-order valence-corrected chi connectivity index (χ3v) is 4.44. The number of carbonyl (C=O) groups is 1. The van der Waals surface area contributed by atoms with E-state index in [4.69, 9.17) is 0 Å². The number of hydrogen-bond acceptors (Lipinski definition) is 2. The molecule has 0 unspecified atom stereocenters. The van der Waals surface area contributed by atoms with Gasteiger partial charge in [0.1, 0.15) is 0 Å². The summed E-state index contributed by atoms with van der Waals surface area (Å²) in [5.41, 5.74) is 3.67. The molecule has 1 atom stereocenters. The molecule has 0 spiro atoms. The number of carbonyl (C=O) groups excluding carboxylic acids is 1. The number of nitrogens with zero attached hydrogens (tertiary/aromatic N) is 3. The highest BCUT2D eigenvalue weighted by Crippen LogP contribution is 2.28. The van der Waals surface area contributed by atoms with Crippen molar-refractivity contribution in [2.45, 2.75) is 38.3 Å². The fourth-order valence-electron chi connectivity index (χ4n) is 3.23. The lowest BCUT2D eigenvalue weighted by molar-refractivity contribution is 0.202. The maximum atomic E-state index is 12.5. The molecule has 0 bridgehead atoms. The van der Waals surface area contributed by atoms with Crippen LogP contribution in [0.1, 0.15) is 42.0 Å². The first-order chi connectivity index (χ1) is 11.1. The van der Waals surface area contributed by atoms with Crippen molar-refractivity contribution < 1.29 is 4.79 Å². The van der Waals surface area contributed by atoms with Crippen LogP contribution in [0.5, 0.6) is 0 Å². The first-order valence-corrected chi connectivity index (χ1v) is 8.20. The first kappa shape index (κ1) is 15.6. The first-order valence-electron chi connectivity index (χ1n) is 8.20. The van der Waals surface area contributed by atoms with Gasteiger partial charge in [-0.15, -0.1) is 0 Å². The molecule has 1 N–H and O–H groups in total. The molecule has 0 saturated carbocycles. The van der Waals surface area contributed by atoms with Crippen molar-refractivity contribution in [3.63, 3.8) is 0 Å². The molecule has 5 heteroatoms. The molecule has 0 radical (unpaired) electrons. The van der Waals surface area contributed by atoms with E-state index in [1.165, 1.54) is 17.5 Å². The minimum Gasteiger partial charge on any atom is -0.331 e. The van der Waals surface area contributed by atoms with Crippen LogP contribution in [0.25, 0.3) is 0 Å². The Labute approximate surface area is 137 Å². The molecular formula is C18H24N4O. The second kappa shape index (κ2) is 6.86. The maximum Gasteiger partial charge on any atom is 0.317 e. The molecule has 0 aliphatic heterocycles. The van der Waals surface area contributed by atoms with Crippen LogP contribution in [0.2, 0.25) is 0 Å². The van der Waals surface area contributed by atoms with Crippen molar-refractivity contribution in [2.24, 2.45) is 7.05 Å². The highest BCUT2D eigenvalue weighted by Gasteiger charge is 2.21. The van der Waals surface area contributed by atoms with E-state index in [1.807, 2.05) is 20.3 Å². The van der Waals surface area contributed by atoms with Gasteiger partial charge in [-0.2, -0.15) is 5.10 Å². The van der Waals surface area contributed by atoms with Gasteiger partial charge in [0.15, 0.2) is 0 Å². The molecule has 1 aromatic heterocycles. The number of urea groups is 1. The Hall–Kier alpha value is -2.30. The van der Waals surface area contributed by atoms with Gasteiger partial charge < -0.3 is 10.2 Å². The van der Waals surface area contributed by atoms with Gasteiger partial charge in [0.05, 0.1) is 18.8 Å². The summed E-state index contributed by atoms with van der Waals surface area (Å²) in [6.07, 6.45) is 8.17. The summed E-state index contributed by atoms with van der Waals surface area (Å²) in [7, 11) is 3.71. The van der Waals surface area contributed by atoms with Crippen molar-refractivity contribution >= 4 is 6.03 Å². The van der Waals surface area contributed by atoms with E-state index in [1.54, 1.807) is 15.8 Å². The van der Waals surface area contributed by atoms with Crippen LogP contribution in [0.4, 0.5) is 4.79 Å². The molecule has 1 aliphatic rings. The molecule has 2 aromatic rings. The highest BCUT2D eigenvalue weighted by atomic mass is 16.2. The monoisotopic (exact) mass is 312 g/mol. The summed E-state index contributed by atoms with van der Waals surface area (Å²) in [5.74, 6) is 0. The zero-order valence-electron chi connectivity index (χ0n) is 13.8. The van der Waals surface area contributed by atoms with Crippen molar-refractivity contribution in [3.05, 3.63) is 53.3 Å². The summed E-state index contributed by atoms with van der Waals surface area (Å²) >= 11 is 0. The van der Waals surface area contributed by atoms with Crippen LogP contribution >= 0.6 is 0 Å². The molecule has 0 saturated heterocycles. The second-order valence-corrected chi connectivity index (χ2v) is 6.32.